The quantitative estimate of drug-likeness (QED) is 0.579. The van der Waals surface area contributed by atoms with Gasteiger partial charge in [-0.05, 0) is 36.9 Å². The molecule has 0 radical (unpaired) electrons. The van der Waals surface area contributed by atoms with E-state index in [1.54, 1.807) is 31.3 Å². The molecule has 0 unspecified atom stereocenters. The molecule has 32 heavy (non-hydrogen) atoms. The van der Waals surface area contributed by atoms with Crippen LogP contribution in [0.3, 0.4) is 0 Å². The lowest BCUT2D eigenvalue weighted by Gasteiger charge is -2.38. The Labute approximate surface area is 192 Å². The number of piperazine rings is 1. The molecule has 3 heterocycles. The van der Waals surface area contributed by atoms with E-state index in [4.69, 9.17) is 0 Å². The van der Waals surface area contributed by atoms with Crippen LogP contribution in [0.2, 0.25) is 0 Å². The number of rotatable bonds is 6. The third-order valence-corrected chi connectivity index (χ3v) is 6.65. The molecule has 3 aromatic rings. The van der Waals surface area contributed by atoms with E-state index in [9.17, 15) is 9.59 Å². The highest BCUT2D eigenvalue weighted by atomic mass is 32.1. The molecular weight excluding hydrogens is 420 g/mol. The fraction of sp³-hybridized carbons (Fsp3) is 0.320. The van der Waals surface area contributed by atoms with E-state index in [0.29, 0.717) is 18.8 Å². The molecule has 2 aromatic heterocycles. The number of carbonyl (C=O) groups is 1. The van der Waals surface area contributed by atoms with Crippen LogP contribution in [-0.4, -0.2) is 58.2 Å². The van der Waals surface area contributed by atoms with Gasteiger partial charge in [0, 0.05) is 38.8 Å². The second-order valence-corrected chi connectivity index (χ2v) is 9.36. The Kier molecular flexibility index (Phi) is 6.67. The van der Waals surface area contributed by atoms with Crippen molar-refractivity contribution in [3.05, 3.63) is 82.0 Å². The number of aromatic nitrogens is 2. The van der Waals surface area contributed by atoms with Gasteiger partial charge in [0.25, 0.3) is 5.56 Å². The molecule has 4 rings (SSSR count). The van der Waals surface area contributed by atoms with Crippen LogP contribution in [-0.2, 0) is 10.3 Å². The Bertz CT molecular complexity index is 1130. The van der Waals surface area contributed by atoms with E-state index in [0.717, 1.165) is 24.5 Å². The van der Waals surface area contributed by atoms with Gasteiger partial charge in [0.05, 0.1) is 4.88 Å². The smallest absolute Gasteiger partial charge is 0.267 e. The summed E-state index contributed by atoms with van der Waals surface area (Å²) in [4.78, 5) is 31.1. The molecule has 0 bridgehead atoms. The lowest BCUT2D eigenvalue weighted by Crippen LogP contribution is -2.56. The summed E-state index contributed by atoms with van der Waals surface area (Å²) < 4.78 is 1.33. The van der Waals surface area contributed by atoms with E-state index >= 15 is 0 Å². The first-order valence-corrected chi connectivity index (χ1v) is 11.7. The Balaban J connectivity index is 1.40. The zero-order valence-corrected chi connectivity index (χ0v) is 19.3. The van der Waals surface area contributed by atoms with Gasteiger partial charge in [-0.15, -0.1) is 11.3 Å². The van der Waals surface area contributed by atoms with Crippen molar-refractivity contribution >= 4 is 23.3 Å². The molecule has 0 aliphatic carbocycles. The largest absolute Gasteiger partial charge is 0.338 e. The number of benzene rings is 1. The summed E-state index contributed by atoms with van der Waals surface area (Å²) in [5.41, 5.74) is 0.564. The first-order chi connectivity index (χ1) is 15.4. The van der Waals surface area contributed by atoms with Crippen molar-refractivity contribution < 1.29 is 4.79 Å². The van der Waals surface area contributed by atoms with E-state index < -0.39 is 5.54 Å². The van der Waals surface area contributed by atoms with Crippen molar-refractivity contribution in [1.29, 1.82) is 0 Å². The molecule has 1 aliphatic rings. The van der Waals surface area contributed by atoms with Gasteiger partial charge in [-0.3, -0.25) is 14.5 Å². The lowest BCUT2D eigenvalue weighted by atomic mass is 10.0. The van der Waals surface area contributed by atoms with E-state index in [-0.39, 0.29) is 11.5 Å². The summed E-state index contributed by atoms with van der Waals surface area (Å²) in [7, 11) is 0. The first-order valence-electron chi connectivity index (χ1n) is 10.8. The highest BCUT2D eigenvalue weighted by Crippen LogP contribution is 2.23. The molecule has 1 amide bonds. The molecule has 1 fully saturated rings. The van der Waals surface area contributed by atoms with Gasteiger partial charge in [-0.25, -0.2) is 4.68 Å². The van der Waals surface area contributed by atoms with Crippen LogP contribution in [0.5, 0.6) is 0 Å². The molecule has 0 saturated carbocycles. The summed E-state index contributed by atoms with van der Waals surface area (Å²) in [5.74, 6) is -0.0742. The average molecular weight is 449 g/mol. The van der Waals surface area contributed by atoms with Crippen molar-refractivity contribution in [3.63, 3.8) is 0 Å². The number of hydrogen-bond donors (Lipinski definition) is 0. The van der Waals surface area contributed by atoms with Gasteiger partial charge in [0.1, 0.15) is 11.2 Å². The molecule has 7 heteroatoms. The minimum absolute atomic E-state index is 0.0742. The van der Waals surface area contributed by atoms with Crippen LogP contribution in [0, 0.1) is 0 Å². The topological polar surface area (TPSA) is 58.4 Å². The average Bonchev–Trinajstić information content (AvgIpc) is 3.35. The Morgan fingerprint density at radius 1 is 1.03 bits per heavy atom. The van der Waals surface area contributed by atoms with Gasteiger partial charge in [-0.2, -0.15) is 5.10 Å². The molecule has 0 N–H and O–H groups in total. The van der Waals surface area contributed by atoms with Crippen molar-refractivity contribution in [3.8, 4) is 10.6 Å². The first kappa shape index (κ1) is 22.2. The zero-order valence-electron chi connectivity index (χ0n) is 18.5. The summed E-state index contributed by atoms with van der Waals surface area (Å²) in [6, 6.07) is 17.4. The van der Waals surface area contributed by atoms with Gasteiger partial charge in [-0.1, -0.05) is 48.6 Å². The van der Waals surface area contributed by atoms with Crippen molar-refractivity contribution in [2.45, 2.75) is 19.4 Å². The molecule has 1 aromatic carbocycles. The molecule has 1 saturated heterocycles. The SMILES string of the molecule is CC(C)(C(=O)N1CCN(C/C=C/c2ccccc2)CC1)n1nc(-c2cccs2)ccc1=O. The third kappa shape index (κ3) is 4.89. The Morgan fingerprint density at radius 2 is 1.78 bits per heavy atom. The van der Waals surface area contributed by atoms with Gasteiger partial charge < -0.3 is 4.90 Å². The maximum absolute atomic E-state index is 13.4. The Morgan fingerprint density at radius 3 is 2.47 bits per heavy atom. The predicted octanol–water partition coefficient (Wildman–Crippen LogP) is 3.56. The number of thiophene rings is 1. The molecule has 6 nitrogen and oxygen atoms in total. The minimum Gasteiger partial charge on any atom is -0.338 e. The second kappa shape index (κ2) is 9.63. The standard InChI is InChI=1S/C25H28N4O2S/c1-25(2,29-23(30)13-12-21(26-29)22-11-7-19-32-22)24(31)28-17-15-27(16-18-28)14-6-10-20-8-4-3-5-9-20/h3-13,19H,14-18H2,1-2H3/b10-6+. The summed E-state index contributed by atoms with van der Waals surface area (Å²) >= 11 is 1.56. The zero-order chi connectivity index (χ0) is 22.6. The fourth-order valence-electron chi connectivity index (χ4n) is 3.88. The van der Waals surface area contributed by atoms with Crippen LogP contribution in [0.15, 0.2) is 70.8 Å². The van der Waals surface area contributed by atoms with Crippen LogP contribution in [0.25, 0.3) is 16.6 Å². The van der Waals surface area contributed by atoms with Crippen LogP contribution < -0.4 is 5.56 Å². The van der Waals surface area contributed by atoms with Crippen molar-refractivity contribution in [1.82, 2.24) is 19.6 Å². The molecule has 166 valence electrons. The number of carbonyl (C=O) groups excluding carboxylic acids is 1. The van der Waals surface area contributed by atoms with E-state index in [1.165, 1.54) is 16.3 Å². The molecule has 0 atom stereocenters. The summed E-state index contributed by atoms with van der Waals surface area (Å²) in [5, 5.41) is 6.50. The van der Waals surface area contributed by atoms with Crippen molar-refractivity contribution in [2.24, 2.45) is 0 Å². The highest BCUT2D eigenvalue weighted by Gasteiger charge is 2.37. The lowest BCUT2D eigenvalue weighted by molar-refractivity contribution is -0.141. The summed E-state index contributed by atoms with van der Waals surface area (Å²) in [6.45, 7) is 7.29. The number of nitrogens with zero attached hydrogens (tertiary/aromatic N) is 4. The second-order valence-electron chi connectivity index (χ2n) is 8.41. The highest BCUT2D eigenvalue weighted by molar-refractivity contribution is 7.13. The number of amides is 1. The Hall–Kier alpha value is -3.03. The molecular formula is C25H28N4O2S. The molecule has 1 aliphatic heterocycles. The normalized spacial score (nSPS) is 15.4. The molecule has 0 spiro atoms. The maximum atomic E-state index is 13.4. The number of hydrogen-bond acceptors (Lipinski definition) is 5. The van der Waals surface area contributed by atoms with Crippen LogP contribution >= 0.6 is 11.3 Å². The van der Waals surface area contributed by atoms with Crippen LogP contribution in [0.4, 0.5) is 0 Å². The summed E-state index contributed by atoms with van der Waals surface area (Å²) in [6.07, 6.45) is 4.29. The van der Waals surface area contributed by atoms with E-state index in [2.05, 4.69) is 34.3 Å². The maximum Gasteiger partial charge on any atom is 0.267 e. The van der Waals surface area contributed by atoms with Gasteiger partial charge >= 0.3 is 0 Å². The monoisotopic (exact) mass is 448 g/mol. The minimum atomic E-state index is -1.06. The van der Waals surface area contributed by atoms with Crippen LogP contribution in [0.1, 0.15) is 19.4 Å². The fourth-order valence-corrected chi connectivity index (χ4v) is 4.57. The predicted molar refractivity (Wildman–Crippen MR) is 130 cm³/mol. The van der Waals surface area contributed by atoms with Gasteiger partial charge in [0.2, 0.25) is 5.91 Å². The van der Waals surface area contributed by atoms with Gasteiger partial charge in [0.15, 0.2) is 0 Å². The third-order valence-electron chi connectivity index (χ3n) is 5.76. The van der Waals surface area contributed by atoms with E-state index in [1.807, 2.05) is 40.6 Å². The van der Waals surface area contributed by atoms with Crippen molar-refractivity contribution in [2.75, 3.05) is 32.7 Å².